The van der Waals surface area contributed by atoms with Crippen LogP contribution in [0.1, 0.15) is 38.8 Å². The highest BCUT2D eigenvalue weighted by Crippen LogP contribution is 2.45. The van der Waals surface area contributed by atoms with Gasteiger partial charge in [0, 0.05) is 35.0 Å². The zero-order valence-corrected chi connectivity index (χ0v) is 14.9. The van der Waals surface area contributed by atoms with E-state index in [0.29, 0.717) is 11.3 Å². The van der Waals surface area contributed by atoms with Crippen molar-refractivity contribution in [3.05, 3.63) is 65.0 Å². The largest absolute Gasteiger partial charge is 0.482 e. The van der Waals surface area contributed by atoms with E-state index < -0.39 is 5.60 Å². The first kappa shape index (κ1) is 17.2. The molecule has 1 N–H and O–H groups in total. The molecule has 0 unspecified atom stereocenters. The Morgan fingerprint density at radius 2 is 1.84 bits per heavy atom. The van der Waals surface area contributed by atoms with E-state index in [0.717, 1.165) is 28.9 Å². The Bertz CT molecular complexity index is 851. The third-order valence-corrected chi connectivity index (χ3v) is 4.33. The van der Waals surface area contributed by atoms with Gasteiger partial charge in [0.1, 0.15) is 17.2 Å². The minimum absolute atomic E-state index is 0.0502. The third-order valence-electron chi connectivity index (χ3n) is 4.33. The molecule has 1 aliphatic heterocycles. The molecule has 2 aromatic rings. The van der Waals surface area contributed by atoms with Crippen molar-refractivity contribution in [1.29, 1.82) is 0 Å². The van der Waals surface area contributed by atoms with Gasteiger partial charge in [0.15, 0.2) is 5.78 Å². The van der Waals surface area contributed by atoms with E-state index in [4.69, 9.17) is 4.74 Å². The minimum atomic E-state index is -0.770. The number of ether oxygens (including phenoxy) is 1. The van der Waals surface area contributed by atoms with Gasteiger partial charge in [-0.25, -0.2) is 4.39 Å². The molecular formula is C21H22FNO2. The summed E-state index contributed by atoms with van der Waals surface area (Å²) in [6.45, 7) is 8.15. The van der Waals surface area contributed by atoms with E-state index in [1.165, 1.54) is 12.1 Å². The number of halogens is 1. The maximum Gasteiger partial charge on any atom is 0.160 e. The molecule has 3 nitrogen and oxygen atoms in total. The standard InChI is InChI=1S/C21H22FNO2/c1-5-23-16-10-11-17-18(12-16)25-21(3,4)20(13(2)24)19(17)14-6-8-15(22)9-7-14/h6-12,23H,5H2,1-4H3. The van der Waals surface area contributed by atoms with Gasteiger partial charge < -0.3 is 10.1 Å². The van der Waals surface area contributed by atoms with Crippen molar-refractivity contribution in [2.45, 2.75) is 33.3 Å². The van der Waals surface area contributed by atoms with Gasteiger partial charge in [0.2, 0.25) is 0 Å². The summed E-state index contributed by atoms with van der Waals surface area (Å²) in [5.74, 6) is 0.362. The fraction of sp³-hybridized carbons (Fsp3) is 0.286. The predicted molar refractivity (Wildman–Crippen MR) is 98.4 cm³/mol. The second-order valence-electron chi connectivity index (χ2n) is 6.67. The molecule has 4 heteroatoms. The number of anilines is 1. The van der Waals surface area contributed by atoms with Crippen molar-refractivity contribution in [3.63, 3.8) is 0 Å². The Morgan fingerprint density at radius 3 is 2.44 bits per heavy atom. The van der Waals surface area contributed by atoms with Crippen LogP contribution in [0.4, 0.5) is 10.1 Å². The summed E-state index contributed by atoms with van der Waals surface area (Å²) in [7, 11) is 0. The maximum absolute atomic E-state index is 13.4. The Labute approximate surface area is 147 Å². The van der Waals surface area contributed by atoms with Crippen LogP contribution in [0, 0.1) is 5.82 Å². The van der Waals surface area contributed by atoms with Crippen LogP contribution < -0.4 is 10.1 Å². The number of ketones is 1. The monoisotopic (exact) mass is 339 g/mol. The zero-order chi connectivity index (χ0) is 18.2. The van der Waals surface area contributed by atoms with E-state index >= 15 is 0 Å². The average molecular weight is 339 g/mol. The Balaban J connectivity index is 2.28. The highest BCUT2D eigenvalue weighted by atomic mass is 19.1. The summed E-state index contributed by atoms with van der Waals surface area (Å²) in [6, 6.07) is 12.1. The minimum Gasteiger partial charge on any atom is -0.482 e. The lowest BCUT2D eigenvalue weighted by Crippen LogP contribution is -2.38. The lowest BCUT2D eigenvalue weighted by atomic mass is 9.81. The lowest BCUT2D eigenvalue weighted by Gasteiger charge is -2.36. The molecule has 25 heavy (non-hydrogen) atoms. The SMILES string of the molecule is CCNc1ccc2c(c1)OC(C)(C)C(C(C)=O)=C2c1ccc(F)cc1. The van der Waals surface area contributed by atoms with Crippen molar-refractivity contribution in [2.24, 2.45) is 0 Å². The van der Waals surface area contributed by atoms with Crippen LogP contribution in [0.15, 0.2) is 48.0 Å². The fourth-order valence-electron chi connectivity index (χ4n) is 3.41. The first-order valence-corrected chi connectivity index (χ1v) is 8.42. The average Bonchev–Trinajstić information content (AvgIpc) is 2.53. The highest BCUT2D eigenvalue weighted by molar-refractivity contribution is 6.07. The van der Waals surface area contributed by atoms with Crippen LogP contribution in [0.25, 0.3) is 5.57 Å². The number of carbonyl (C=O) groups is 1. The second-order valence-corrected chi connectivity index (χ2v) is 6.67. The number of Topliss-reactive ketones (excluding diaryl/α,β-unsaturated/α-hetero) is 1. The van der Waals surface area contributed by atoms with Crippen LogP contribution in [-0.4, -0.2) is 17.9 Å². The normalized spacial score (nSPS) is 15.4. The van der Waals surface area contributed by atoms with Crippen molar-refractivity contribution in [2.75, 3.05) is 11.9 Å². The Morgan fingerprint density at radius 1 is 1.16 bits per heavy atom. The van der Waals surface area contributed by atoms with E-state index in [2.05, 4.69) is 5.32 Å². The highest BCUT2D eigenvalue weighted by Gasteiger charge is 2.38. The molecule has 0 aliphatic carbocycles. The van der Waals surface area contributed by atoms with Crippen LogP contribution in [-0.2, 0) is 4.79 Å². The van der Waals surface area contributed by atoms with Gasteiger partial charge in [0.05, 0.1) is 0 Å². The molecule has 0 bridgehead atoms. The third kappa shape index (κ3) is 3.16. The number of benzene rings is 2. The van der Waals surface area contributed by atoms with Crippen molar-refractivity contribution in [3.8, 4) is 5.75 Å². The zero-order valence-electron chi connectivity index (χ0n) is 14.9. The van der Waals surface area contributed by atoms with Gasteiger partial charge in [-0.05, 0) is 57.5 Å². The van der Waals surface area contributed by atoms with Gasteiger partial charge in [-0.3, -0.25) is 4.79 Å². The first-order chi connectivity index (χ1) is 11.8. The van der Waals surface area contributed by atoms with E-state index in [9.17, 15) is 9.18 Å². The predicted octanol–water partition coefficient (Wildman–Crippen LogP) is 4.82. The summed E-state index contributed by atoms with van der Waals surface area (Å²) >= 11 is 0. The number of rotatable bonds is 4. The Kier molecular flexibility index (Phi) is 4.38. The molecule has 0 radical (unpaired) electrons. The molecule has 0 fully saturated rings. The number of hydrogen-bond acceptors (Lipinski definition) is 3. The van der Waals surface area contributed by atoms with E-state index in [1.54, 1.807) is 19.1 Å². The summed E-state index contributed by atoms with van der Waals surface area (Å²) in [5.41, 5.74) is 3.25. The van der Waals surface area contributed by atoms with Crippen LogP contribution in [0.3, 0.4) is 0 Å². The van der Waals surface area contributed by atoms with Crippen LogP contribution in [0.2, 0.25) is 0 Å². The van der Waals surface area contributed by atoms with Crippen LogP contribution in [0.5, 0.6) is 5.75 Å². The molecule has 1 heterocycles. The first-order valence-electron chi connectivity index (χ1n) is 8.42. The van der Waals surface area contributed by atoms with Gasteiger partial charge in [-0.2, -0.15) is 0 Å². The van der Waals surface area contributed by atoms with Gasteiger partial charge in [-0.15, -0.1) is 0 Å². The molecule has 0 aromatic heterocycles. The fourth-order valence-corrected chi connectivity index (χ4v) is 3.41. The Hall–Kier alpha value is -2.62. The molecule has 2 aromatic carbocycles. The van der Waals surface area contributed by atoms with Gasteiger partial charge >= 0.3 is 0 Å². The molecule has 0 atom stereocenters. The molecule has 0 spiro atoms. The van der Waals surface area contributed by atoms with Crippen molar-refractivity contribution < 1.29 is 13.9 Å². The molecule has 3 rings (SSSR count). The van der Waals surface area contributed by atoms with Crippen molar-refractivity contribution in [1.82, 2.24) is 0 Å². The number of fused-ring (bicyclic) bond motifs is 1. The summed E-state index contributed by atoms with van der Waals surface area (Å²) in [5, 5.41) is 3.27. The molecule has 0 saturated carbocycles. The summed E-state index contributed by atoms with van der Waals surface area (Å²) in [4.78, 5) is 12.4. The number of carbonyl (C=O) groups excluding carboxylic acids is 1. The van der Waals surface area contributed by atoms with Crippen molar-refractivity contribution >= 4 is 17.0 Å². The molecule has 130 valence electrons. The topological polar surface area (TPSA) is 38.3 Å². The second kappa shape index (κ2) is 6.36. The van der Waals surface area contributed by atoms with Crippen LogP contribution >= 0.6 is 0 Å². The molecule has 0 saturated heterocycles. The van der Waals surface area contributed by atoms with E-state index in [1.807, 2.05) is 39.0 Å². The number of hydrogen-bond donors (Lipinski definition) is 1. The molecular weight excluding hydrogens is 317 g/mol. The van der Waals surface area contributed by atoms with E-state index in [-0.39, 0.29) is 11.6 Å². The molecule has 0 amide bonds. The molecule has 1 aliphatic rings. The van der Waals surface area contributed by atoms with Gasteiger partial charge in [-0.1, -0.05) is 12.1 Å². The quantitative estimate of drug-likeness (QED) is 0.868. The lowest BCUT2D eigenvalue weighted by molar-refractivity contribution is -0.115. The van der Waals surface area contributed by atoms with Gasteiger partial charge in [0.25, 0.3) is 0 Å². The summed E-state index contributed by atoms with van der Waals surface area (Å²) < 4.78 is 19.5. The maximum atomic E-state index is 13.4. The smallest absolute Gasteiger partial charge is 0.160 e. The summed E-state index contributed by atoms with van der Waals surface area (Å²) in [6.07, 6.45) is 0. The number of nitrogens with one attached hydrogen (secondary N) is 1.